The fourth-order valence-corrected chi connectivity index (χ4v) is 1.56. The molecule has 0 aromatic rings. The van der Waals surface area contributed by atoms with Crippen LogP contribution in [0, 0.1) is 0 Å². The van der Waals surface area contributed by atoms with Gasteiger partial charge in [0.15, 0.2) is 0 Å². The van der Waals surface area contributed by atoms with Crippen LogP contribution in [0.1, 0.15) is 0 Å². The Morgan fingerprint density at radius 2 is 1.90 bits per heavy atom. The molecule has 2 saturated heterocycles. The Hall–Kier alpha value is -0.160. The lowest BCUT2D eigenvalue weighted by Gasteiger charge is -2.38. The van der Waals surface area contributed by atoms with Crippen molar-refractivity contribution in [1.82, 2.24) is 21.3 Å². The molecule has 4 nitrogen and oxygen atoms in total. The van der Waals surface area contributed by atoms with Crippen molar-refractivity contribution < 1.29 is 0 Å². The first-order valence-corrected chi connectivity index (χ1v) is 3.88. The molecule has 2 aliphatic heterocycles. The van der Waals surface area contributed by atoms with Gasteiger partial charge in [0, 0.05) is 32.3 Å². The molecule has 0 spiro atoms. The first-order valence-electron chi connectivity index (χ1n) is 3.88. The van der Waals surface area contributed by atoms with Crippen molar-refractivity contribution in [2.24, 2.45) is 0 Å². The quantitative estimate of drug-likeness (QED) is 0.317. The maximum atomic E-state index is 3.43. The molecule has 2 heterocycles. The number of nitrogens with one attached hydrogen (secondary N) is 4. The van der Waals surface area contributed by atoms with Crippen LogP contribution in [0.25, 0.3) is 0 Å². The van der Waals surface area contributed by atoms with Crippen LogP contribution in [0.2, 0.25) is 0 Å². The molecular weight excluding hydrogens is 128 g/mol. The van der Waals surface area contributed by atoms with Gasteiger partial charge in [0.25, 0.3) is 0 Å². The number of piperazine rings is 1. The highest BCUT2D eigenvalue weighted by molar-refractivity contribution is 4.89. The molecule has 4 heteroatoms. The standard InChI is InChI=1S/C6H14N4/c1-2-9-6-5(8-1)3-7-4-10-6/h5-10H,1-4H2. The van der Waals surface area contributed by atoms with Crippen LogP contribution in [-0.2, 0) is 0 Å². The van der Waals surface area contributed by atoms with Gasteiger partial charge in [-0.3, -0.25) is 10.6 Å². The molecule has 58 valence electrons. The lowest BCUT2D eigenvalue weighted by molar-refractivity contribution is 0.230. The first-order chi connectivity index (χ1) is 4.97. The van der Waals surface area contributed by atoms with Crippen molar-refractivity contribution in [3.8, 4) is 0 Å². The van der Waals surface area contributed by atoms with Gasteiger partial charge >= 0.3 is 0 Å². The molecule has 4 N–H and O–H groups in total. The van der Waals surface area contributed by atoms with E-state index < -0.39 is 0 Å². The third kappa shape index (κ3) is 1.15. The van der Waals surface area contributed by atoms with Crippen LogP contribution in [0.3, 0.4) is 0 Å². The van der Waals surface area contributed by atoms with Crippen LogP contribution in [0.15, 0.2) is 0 Å². The van der Waals surface area contributed by atoms with E-state index in [0.717, 1.165) is 26.3 Å². The zero-order chi connectivity index (χ0) is 6.81. The summed E-state index contributed by atoms with van der Waals surface area (Å²) in [5, 5.41) is 13.4. The average Bonchev–Trinajstić information content (AvgIpc) is 2.05. The molecule has 0 aromatic carbocycles. The van der Waals surface area contributed by atoms with E-state index in [1.54, 1.807) is 0 Å². The molecule has 0 amide bonds. The molecule has 0 aromatic heterocycles. The molecule has 0 bridgehead atoms. The molecule has 2 fully saturated rings. The lowest BCUT2D eigenvalue weighted by Crippen LogP contribution is -2.69. The topological polar surface area (TPSA) is 48.1 Å². The van der Waals surface area contributed by atoms with Gasteiger partial charge in [-0.2, -0.15) is 0 Å². The molecule has 0 radical (unpaired) electrons. The third-order valence-corrected chi connectivity index (χ3v) is 2.11. The third-order valence-electron chi connectivity index (χ3n) is 2.11. The van der Waals surface area contributed by atoms with E-state index >= 15 is 0 Å². The normalized spacial score (nSPS) is 40.8. The van der Waals surface area contributed by atoms with Crippen LogP contribution < -0.4 is 21.3 Å². The number of hydrogen-bond donors (Lipinski definition) is 4. The van der Waals surface area contributed by atoms with Gasteiger partial charge < -0.3 is 10.6 Å². The minimum Gasteiger partial charge on any atom is -0.309 e. The SMILES string of the molecule is C1CNC2NCNCC2N1. The summed E-state index contributed by atoms with van der Waals surface area (Å²) in [6, 6.07) is 0.572. The molecular formula is C6H14N4. The van der Waals surface area contributed by atoms with E-state index in [9.17, 15) is 0 Å². The summed E-state index contributed by atoms with van der Waals surface area (Å²) >= 11 is 0. The second-order valence-electron chi connectivity index (χ2n) is 2.83. The summed E-state index contributed by atoms with van der Waals surface area (Å²) in [6.45, 7) is 4.17. The number of rotatable bonds is 0. The zero-order valence-electron chi connectivity index (χ0n) is 5.98. The van der Waals surface area contributed by atoms with Gasteiger partial charge in [-0.15, -0.1) is 0 Å². The largest absolute Gasteiger partial charge is 0.309 e. The summed E-state index contributed by atoms with van der Waals surface area (Å²) in [6.07, 6.45) is 0.481. The minimum atomic E-state index is 0.481. The highest BCUT2D eigenvalue weighted by Crippen LogP contribution is 1.96. The van der Waals surface area contributed by atoms with Crippen molar-refractivity contribution in [2.45, 2.75) is 12.2 Å². The van der Waals surface area contributed by atoms with E-state index in [1.807, 2.05) is 0 Å². The van der Waals surface area contributed by atoms with Crippen LogP contribution in [0.5, 0.6) is 0 Å². The zero-order valence-corrected chi connectivity index (χ0v) is 5.98. The Morgan fingerprint density at radius 3 is 2.80 bits per heavy atom. The predicted octanol–water partition coefficient (Wildman–Crippen LogP) is -1.98. The molecule has 10 heavy (non-hydrogen) atoms. The average molecular weight is 142 g/mol. The molecule has 0 saturated carbocycles. The Kier molecular flexibility index (Phi) is 1.86. The Morgan fingerprint density at radius 1 is 1.00 bits per heavy atom. The maximum Gasteiger partial charge on any atom is 0.0752 e. The first kappa shape index (κ1) is 6.54. The molecule has 0 aliphatic carbocycles. The van der Waals surface area contributed by atoms with Gasteiger partial charge in [-0.1, -0.05) is 0 Å². The van der Waals surface area contributed by atoms with Crippen molar-refractivity contribution in [3.05, 3.63) is 0 Å². The fraction of sp³-hybridized carbons (Fsp3) is 1.00. The van der Waals surface area contributed by atoms with E-state index in [0.29, 0.717) is 12.2 Å². The van der Waals surface area contributed by atoms with Crippen molar-refractivity contribution >= 4 is 0 Å². The molecule has 2 rings (SSSR count). The Bertz CT molecular complexity index is 90.3. The van der Waals surface area contributed by atoms with E-state index in [4.69, 9.17) is 0 Å². The van der Waals surface area contributed by atoms with E-state index in [-0.39, 0.29) is 0 Å². The molecule has 2 atom stereocenters. The Labute approximate surface area is 60.8 Å². The van der Waals surface area contributed by atoms with Gasteiger partial charge in [-0.05, 0) is 0 Å². The smallest absolute Gasteiger partial charge is 0.0752 e. The number of fused-ring (bicyclic) bond motifs is 1. The van der Waals surface area contributed by atoms with Crippen molar-refractivity contribution in [2.75, 3.05) is 26.3 Å². The monoisotopic (exact) mass is 142 g/mol. The summed E-state index contributed by atoms with van der Waals surface area (Å²) in [5.41, 5.74) is 0. The van der Waals surface area contributed by atoms with Crippen LogP contribution in [0.4, 0.5) is 0 Å². The predicted molar refractivity (Wildman–Crippen MR) is 39.6 cm³/mol. The summed E-state index contributed by atoms with van der Waals surface area (Å²) in [7, 11) is 0. The number of hydrogen-bond acceptors (Lipinski definition) is 4. The van der Waals surface area contributed by atoms with E-state index in [1.165, 1.54) is 0 Å². The molecule has 2 aliphatic rings. The van der Waals surface area contributed by atoms with Crippen LogP contribution in [-0.4, -0.2) is 38.5 Å². The van der Waals surface area contributed by atoms with Gasteiger partial charge in [0.1, 0.15) is 0 Å². The van der Waals surface area contributed by atoms with Crippen molar-refractivity contribution in [3.63, 3.8) is 0 Å². The van der Waals surface area contributed by atoms with Crippen LogP contribution >= 0.6 is 0 Å². The summed E-state index contributed by atoms with van der Waals surface area (Å²) in [4.78, 5) is 0. The highest BCUT2D eigenvalue weighted by Gasteiger charge is 2.25. The summed E-state index contributed by atoms with van der Waals surface area (Å²) in [5.74, 6) is 0. The Balaban J connectivity index is 1.93. The van der Waals surface area contributed by atoms with Gasteiger partial charge in [-0.25, -0.2) is 0 Å². The second kappa shape index (κ2) is 2.84. The second-order valence-corrected chi connectivity index (χ2v) is 2.83. The van der Waals surface area contributed by atoms with Gasteiger partial charge in [0.2, 0.25) is 0 Å². The minimum absolute atomic E-state index is 0.481. The lowest BCUT2D eigenvalue weighted by atomic mass is 10.1. The molecule has 2 unspecified atom stereocenters. The highest BCUT2D eigenvalue weighted by atomic mass is 15.3. The summed E-state index contributed by atoms with van der Waals surface area (Å²) < 4.78 is 0. The van der Waals surface area contributed by atoms with Gasteiger partial charge in [0.05, 0.1) is 6.17 Å². The van der Waals surface area contributed by atoms with E-state index in [2.05, 4.69) is 21.3 Å². The van der Waals surface area contributed by atoms with Crippen molar-refractivity contribution in [1.29, 1.82) is 0 Å². The fourth-order valence-electron chi connectivity index (χ4n) is 1.56. The maximum absolute atomic E-state index is 3.43.